The average molecular weight is 407 g/mol. The maximum atomic E-state index is 12.7. The molecule has 152 valence electrons. The van der Waals surface area contributed by atoms with Crippen LogP contribution >= 0.6 is 11.8 Å². The molecule has 2 fully saturated rings. The second-order valence-corrected chi connectivity index (χ2v) is 8.82. The summed E-state index contributed by atoms with van der Waals surface area (Å²) in [7, 11) is 0. The van der Waals surface area contributed by atoms with Crippen LogP contribution in [0.2, 0.25) is 0 Å². The van der Waals surface area contributed by atoms with Crippen LogP contribution in [-0.2, 0) is 4.79 Å². The normalized spacial score (nSPS) is 22.1. The van der Waals surface area contributed by atoms with Crippen LogP contribution in [-0.4, -0.2) is 57.4 Å². The summed E-state index contributed by atoms with van der Waals surface area (Å²) in [5.74, 6) is 0.572. The Hall–Kier alpha value is -2.13. The molecule has 9 heteroatoms. The van der Waals surface area contributed by atoms with Gasteiger partial charge in [-0.05, 0) is 32.3 Å². The van der Waals surface area contributed by atoms with E-state index in [0.29, 0.717) is 18.7 Å². The number of nitro groups is 1. The summed E-state index contributed by atoms with van der Waals surface area (Å²) in [4.78, 5) is 37.1. The third-order valence-electron chi connectivity index (χ3n) is 5.44. The Morgan fingerprint density at radius 3 is 2.79 bits per heavy atom. The van der Waals surface area contributed by atoms with Crippen LogP contribution < -0.4 is 10.6 Å². The van der Waals surface area contributed by atoms with E-state index in [1.807, 2.05) is 13.8 Å². The molecule has 2 atom stereocenters. The highest BCUT2D eigenvalue weighted by Gasteiger charge is 2.44. The Bertz CT molecular complexity index is 764. The van der Waals surface area contributed by atoms with Crippen LogP contribution in [0.4, 0.5) is 5.69 Å². The molecule has 2 saturated heterocycles. The third kappa shape index (κ3) is 4.47. The lowest BCUT2D eigenvalue weighted by atomic mass is 10.0. The van der Waals surface area contributed by atoms with Crippen molar-refractivity contribution in [3.05, 3.63) is 39.9 Å². The van der Waals surface area contributed by atoms with E-state index in [1.54, 1.807) is 22.7 Å². The van der Waals surface area contributed by atoms with Gasteiger partial charge in [0.15, 0.2) is 0 Å². The van der Waals surface area contributed by atoms with Crippen LogP contribution in [0.5, 0.6) is 0 Å². The lowest BCUT2D eigenvalue weighted by molar-refractivity contribution is -0.384. The first kappa shape index (κ1) is 20.6. The van der Waals surface area contributed by atoms with Crippen molar-refractivity contribution in [2.45, 2.75) is 50.1 Å². The molecule has 1 spiro atoms. The summed E-state index contributed by atoms with van der Waals surface area (Å²) in [5, 5.41) is 17.4. The molecule has 2 aliphatic heterocycles. The predicted octanol–water partition coefficient (Wildman–Crippen LogP) is 2.15. The van der Waals surface area contributed by atoms with E-state index in [2.05, 4.69) is 10.6 Å². The zero-order valence-corrected chi connectivity index (χ0v) is 17.0. The smallest absolute Gasteiger partial charge is 0.270 e. The number of hydrogen-bond acceptors (Lipinski definition) is 6. The molecule has 0 radical (unpaired) electrons. The fraction of sp³-hybridized carbons (Fsp3) is 0.579. The quantitative estimate of drug-likeness (QED) is 0.573. The summed E-state index contributed by atoms with van der Waals surface area (Å²) in [5.41, 5.74) is 0.255. The van der Waals surface area contributed by atoms with Crippen LogP contribution in [0.25, 0.3) is 0 Å². The molecule has 2 heterocycles. The van der Waals surface area contributed by atoms with E-state index >= 15 is 0 Å². The van der Waals surface area contributed by atoms with Gasteiger partial charge in [0.25, 0.3) is 11.6 Å². The number of likely N-dealkylation sites (tertiary alicyclic amines) is 1. The molecule has 2 N–H and O–H groups in total. The molecule has 1 aromatic rings. The largest absolute Gasteiger partial charge is 0.352 e. The van der Waals surface area contributed by atoms with Crippen molar-refractivity contribution in [3.63, 3.8) is 0 Å². The number of benzene rings is 1. The number of nitrogens with zero attached hydrogens (tertiary/aromatic N) is 2. The lowest BCUT2D eigenvalue weighted by Gasteiger charge is -2.39. The van der Waals surface area contributed by atoms with Crippen molar-refractivity contribution in [3.8, 4) is 0 Å². The number of carbonyl (C=O) groups is 2. The first-order valence-corrected chi connectivity index (χ1v) is 10.6. The van der Waals surface area contributed by atoms with Crippen molar-refractivity contribution < 1.29 is 14.5 Å². The molecule has 2 aliphatic rings. The topological polar surface area (TPSA) is 105 Å². The molecule has 28 heavy (non-hydrogen) atoms. The second-order valence-electron chi connectivity index (χ2n) is 7.42. The Kier molecular flexibility index (Phi) is 6.24. The van der Waals surface area contributed by atoms with E-state index in [0.717, 1.165) is 25.0 Å². The minimum atomic E-state index is -0.494. The zero-order chi connectivity index (χ0) is 20.3. The van der Waals surface area contributed by atoms with Gasteiger partial charge in [-0.25, -0.2) is 0 Å². The molecule has 0 aliphatic carbocycles. The number of nitro benzene ring substituents is 1. The number of carbonyl (C=O) groups excluding carboxylic acids is 2. The highest BCUT2D eigenvalue weighted by molar-refractivity contribution is 8.01. The molecule has 0 unspecified atom stereocenters. The number of nitrogens with one attached hydrogen (secondary N) is 2. The molecule has 0 aromatic heterocycles. The van der Waals surface area contributed by atoms with Crippen molar-refractivity contribution in [1.82, 2.24) is 15.5 Å². The predicted molar refractivity (Wildman–Crippen MR) is 108 cm³/mol. The molecule has 0 bridgehead atoms. The van der Waals surface area contributed by atoms with Crippen LogP contribution in [0.15, 0.2) is 24.3 Å². The van der Waals surface area contributed by atoms with Crippen LogP contribution in [0, 0.1) is 10.1 Å². The number of non-ortho nitro benzene ring substituents is 1. The van der Waals surface area contributed by atoms with E-state index < -0.39 is 4.92 Å². The number of rotatable bonds is 5. The standard InChI is InChI=1S/C19H26N4O4S/c1-3-13(2)20-17(24)16-12-28-19(21-16)7-9-22(10-8-19)18(25)14-5-4-6-15(11-14)23(26)27/h4-6,11,13,16,21H,3,7-10,12H2,1-2H3,(H,20,24)/t13-,16-/m1/s1. The maximum Gasteiger partial charge on any atom is 0.270 e. The third-order valence-corrected chi connectivity index (χ3v) is 7.02. The average Bonchev–Trinajstić information content (AvgIpc) is 3.11. The Morgan fingerprint density at radius 2 is 2.14 bits per heavy atom. The van der Waals surface area contributed by atoms with Crippen molar-refractivity contribution in [1.29, 1.82) is 0 Å². The Balaban J connectivity index is 1.57. The Morgan fingerprint density at radius 1 is 1.43 bits per heavy atom. The number of piperidine rings is 1. The van der Waals surface area contributed by atoms with Gasteiger partial charge in [-0.2, -0.15) is 0 Å². The maximum absolute atomic E-state index is 12.7. The minimum absolute atomic E-state index is 0.0360. The van der Waals surface area contributed by atoms with Gasteiger partial charge in [0.05, 0.1) is 15.8 Å². The fourth-order valence-electron chi connectivity index (χ4n) is 3.53. The number of amides is 2. The van der Waals surface area contributed by atoms with Gasteiger partial charge in [-0.15, -0.1) is 11.8 Å². The molecule has 1 aromatic carbocycles. The highest BCUT2D eigenvalue weighted by atomic mass is 32.2. The summed E-state index contributed by atoms with van der Waals surface area (Å²) in [6.45, 7) is 5.15. The first-order chi connectivity index (χ1) is 13.3. The summed E-state index contributed by atoms with van der Waals surface area (Å²) < 4.78 is 0. The minimum Gasteiger partial charge on any atom is -0.352 e. The van der Waals surface area contributed by atoms with Crippen molar-refractivity contribution in [2.75, 3.05) is 18.8 Å². The van der Waals surface area contributed by atoms with Gasteiger partial charge < -0.3 is 10.2 Å². The summed E-state index contributed by atoms with van der Waals surface area (Å²) in [6, 6.07) is 5.79. The van der Waals surface area contributed by atoms with Gasteiger partial charge in [0, 0.05) is 42.6 Å². The summed E-state index contributed by atoms with van der Waals surface area (Å²) >= 11 is 1.75. The number of thioether (sulfide) groups is 1. The monoisotopic (exact) mass is 406 g/mol. The van der Waals surface area contributed by atoms with E-state index in [-0.39, 0.29) is 34.5 Å². The molecule has 0 saturated carbocycles. The van der Waals surface area contributed by atoms with E-state index in [1.165, 1.54) is 18.2 Å². The fourth-order valence-corrected chi connectivity index (χ4v) is 4.94. The second kappa shape index (κ2) is 8.48. The van der Waals surface area contributed by atoms with Gasteiger partial charge in [0.2, 0.25) is 5.91 Å². The van der Waals surface area contributed by atoms with Crippen molar-refractivity contribution >= 4 is 29.3 Å². The molecular formula is C19H26N4O4S. The first-order valence-electron chi connectivity index (χ1n) is 9.59. The SMILES string of the molecule is CC[C@@H](C)NC(=O)[C@H]1CSC2(CCN(C(=O)c3cccc([N+](=O)[O-])c3)CC2)N1. The van der Waals surface area contributed by atoms with Gasteiger partial charge in [-0.1, -0.05) is 13.0 Å². The van der Waals surface area contributed by atoms with E-state index in [4.69, 9.17) is 0 Å². The van der Waals surface area contributed by atoms with Crippen LogP contribution in [0.1, 0.15) is 43.5 Å². The molecule has 2 amide bonds. The molecular weight excluding hydrogens is 380 g/mol. The van der Waals surface area contributed by atoms with Crippen molar-refractivity contribution in [2.24, 2.45) is 0 Å². The molecule has 8 nitrogen and oxygen atoms in total. The van der Waals surface area contributed by atoms with E-state index in [9.17, 15) is 19.7 Å². The van der Waals surface area contributed by atoms with Gasteiger partial charge in [-0.3, -0.25) is 25.0 Å². The molecule has 3 rings (SSSR count). The number of hydrogen-bond donors (Lipinski definition) is 2. The zero-order valence-electron chi connectivity index (χ0n) is 16.1. The van der Waals surface area contributed by atoms with Gasteiger partial charge in [0.1, 0.15) is 0 Å². The highest BCUT2D eigenvalue weighted by Crippen LogP contribution is 2.39. The summed E-state index contributed by atoms with van der Waals surface area (Å²) in [6.07, 6.45) is 2.38. The van der Waals surface area contributed by atoms with Crippen LogP contribution in [0.3, 0.4) is 0 Å². The van der Waals surface area contributed by atoms with Gasteiger partial charge >= 0.3 is 0 Å². The lowest BCUT2D eigenvalue weighted by Crippen LogP contribution is -2.55. The Labute approximate surface area is 168 Å².